The molecule has 0 aliphatic heterocycles. The van der Waals surface area contributed by atoms with Crippen molar-refractivity contribution >= 4 is 5.95 Å². The minimum absolute atomic E-state index is 0.0348. The van der Waals surface area contributed by atoms with Gasteiger partial charge in [-0.15, -0.1) is 0 Å². The summed E-state index contributed by atoms with van der Waals surface area (Å²) in [6.45, 7) is 0.446. The third kappa shape index (κ3) is 3.90. The number of halogens is 3. The summed E-state index contributed by atoms with van der Waals surface area (Å²) < 4.78 is 37.2. The molecule has 0 aliphatic rings. The molecule has 0 saturated heterocycles. The van der Waals surface area contributed by atoms with E-state index in [9.17, 15) is 13.2 Å². The van der Waals surface area contributed by atoms with E-state index in [0.29, 0.717) is 19.4 Å². The molecule has 2 N–H and O–H groups in total. The summed E-state index contributed by atoms with van der Waals surface area (Å²) in [4.78, 5) is 11.1. The zero-order valence-electron chi connectivity index (χ0n) is 9.78. The SMILES string of the molecule is FC(F)(F)c1ccnc(NCCCc2ncn[nH]2)n1. The van der Waals surface area contributed by atoms with E-state index in [2.05, 4.69) is 30.5 Å². The fourth-order valence-electron chi connectivity index (χ4n) is 1.41. The Morgan fingerprint density at radius 2 is 2.11 bits per heavy atom. The van der Waals surface area contributed by atoms with Crippen molar-refractivity contribution in [2.45, 2.75) is 19.0 Å². The highest BCUT2D eigenvalue weighted by molar-refractivity contribution is 5.25. The Labute approximate surface area is 106 Å². The number of aromatic nitrogens is 5. The first-order valence-electron chi connectivity index (χ1n) is 5.54. The van der Waals surface area contributed by atoms with E-state index in [4.69, 9.17) is 0 Å². The highest BCUT2D eigenvalue weighted by Gasteiger charge is 2.32. The van der Waals surface area contributed by atoms with E-state index in [1.165, 1.54) is 6.33 Å². The van der Waals surface area contributed by atoms with Crippen LogP contribution >= 0.6 is 0 Å². The summed E-state index contributed by atoms with van der Waals surface area (Å²) in [7, 11) is 0. The Morgan fingerprint density at radius 3 is 2.79 bits per heavy atom. The van der Waals surface area contributed by atoms with Crippen LogP contribution in [0.15, 0.2) is 18.6 Å². The molecule has 0 radical (unpaired) electrons. The number of alkyl halides is 3. The molecule has 2 rings (SSSR count). The van der Waals surface area contributed by atoms with Crippen LogP contribution in [0.5, 0.6) is 0 Å². The molecule has 0 bridgehead atoms. The van der Waals surface area contributed by atoms with Gasteiger partial charge in [-0.2, -0.15) is 18.3 Å². The van der Waals surface area contributed by atoms with Gasteiger partial charge in [-0.25, -0.2) is 15.0 Å². The van der Waals surface area contributed by atoms with Gasteiger partial charge in [0.15, 0.2) is 0 Å². The maximum absolute atomic E-state index is 12.4. The highest BCUT2D eigenvalue weighted by Crippen LogP contribution is 2.27. The first kappa shape index (κ1) is 13.2. The number of nitrogens with zero attached hydrogens (tertiary/aromatic N) is 4. The van der Waals surface area contributed by atoms with Gasteiger partial charge in [0, 0.05) is 19.2 Å². The quantitative estimate of drug-likeness (QED) is 0.809. The Balaban J connectivity index is 1.83. The number of hydrogen-bond donors (Lipinski definition) is 2. The molecule has 0 unspecified atom stereocenters. The van der Waals surface area contributed by atoms with Crippen LogP contribution in [0, 0.1) is 0 Å². The zero-order chi connectivity index (χ0) is 13.7. The van der Waals surface area contributed by atoms with Gasteiger partial charge < -0.3 is 5.32 Å². The van der Waals surface area contributed by atoms with Crippen molar-refractivity contribution in [3.8, 4) is 0 Å². The predicted molar refractivity (Wildman–Crippen MR) is 60.2 cm³/mol. The summed E-state index contributed by atoms with van der Waals surface area (Å²) in [5, 5.41) is 9.12. The smallest absolute Gasteiger partial charge is 0.354 e. The summed E-state index contributed by atoms with van der Waals surface area (Å²) >= 11 is 0. The molecule has 0 aromatic carbocycles. The molecule has 0 aliphatic carbocycles. The number of aromatic amines is 1. The van der Waals surface area contributed by atoms with Crippen LogP contribution in [0.1, 0.15) is 17.9 Å². The second-order valence-electron chi connectivity index (χ2n) is 3.73. The largest absolute Gasteiger partial charge is 0.433 e. The minimum atomic E-state index is -4.46. The van der Waals surface area contributed by atoms with Gasteiger partial charge in [0.25, 0.3) is 0 Å². The predicted octanol–water partition coefficient (Wildman–Crippen LogP) is 1.66. The molecule has 0 atom stereocenters. The summed E-state index contributed by atoms with van der Waals surface area (Å²) in [6, 6.07) is 0.833. The molecule has 0 saturated carbocycles. The topological polar surface area (TPSA) is 79.4 Å². The third-order valence-electron chi connectivity index (χ3n) is 2.28. The zero-order valence-corrected chi connectivity index (χ0v) is 9.78. The summed E-state index contributed by atoms with van der Waals surface area (Å²) in [5.41, 5.74) is -0.958. The summed E-state index contributed by atoms with van der Waals surface area (Å²) in [6.07, 6.45) is -0.659. The normalized spacial score (nSPS) is 11.5. The number of nitrogens with one attached hydrogen (secondary N) is 2. The Hall–Kier alpha value is -2.19. The second kappa shape index (κ2) is 5.63. The summed E-state index contributed by atoms with van der Waals surface area (Å²) in [5.74, 6) is 0.694. The average Bonchev–Trinajstić information content (AvgIpc) is 2.87. The van der Waals surface area contributed by atoms with Crippen molar-refractivity contribution in [1.82, 2.24) is 25.1 Å². The molecule has 19 heavy (non-hydrogen) atoms. The van der Waals surface area contributed by atoms with Gasteiger partial charge in [-0.1, -0.05) is 0 Å². The average molecular weight is 272 g/mol. The Bertz CT molecular complexity index is 510. The number of rotatable bonds is 5. The van der Waals surface area contributed by atoms with Crippen molar-refractivity contribution in [3.63, 3.8) is 0 Å². The molecule has 2 aromatic rings. The van der Waals surface area contributed by atoms with Gasteiger partial charge in [0.05, 0.1) is 0 Å². The lowest BCUT2D eigenvalue weighted by Crippen LogP contribution is -2.12. The molecule has 0 spiro atoms. The lowest BCUT2D eigenvalue weighted by Gasteiger charge is -2.08. The third-order valence-corrected chi connectivity index (χ3v) is 2.28. The van der Waals surface area contributed by atoms with E-state index in [1.54, 1.807) is 0 Å². The number of aryl methyl sites for hydroxylation is 1. The lowest BCUT2D eigenvalue weighted by molar-refractivity contribution is -0.141. The lowest BCUT2D eigenvalue weighted by atomic mass is 10.3. The number of anilines is 1. The second-order valence-corrected chi connectivity index (χ2v) is 3.73. The van der Waals surface area contributed by atoms with Crippen LogP contribution < -0.4 is 5.32 Å². The van der Waals surface area contributed by atoms with Crippen LogP contribution in [0.2, 0.25) is 0 Å². The number of H-pyrrole nitrogens is 1. The van der Waals surface area contributed by atoms with Crippen molar-refractivity contribution in [1.29, 1.82) is 0 Å². The highest BCUT2D eigenvalue weighted by atomic mass is 19.4. The molecule has 0 fully saturated rings. The van der Waals surface area contributed by atoms with Gasteiger partial charge in [-0.3, -0.25) is 5.10 Å². The molecule has 2 aromatic heterocycles. The Kier molecular flexibility index (Phi) is 3.93. The Morgan fingerprint density at radius 1 is 1.26 bits per heavy atom. The van der Waals surface area contributed by atoms with Crippen molar-refractivity contribution in [3.05, 3.63) is 30.1 Å². The van der Waals surface area contributed by atoms with E-state index < -0.39 is 11.9 Å². The molecular weight excluding hydrogens is 261 g/mol. The van der Waals surface area contributed by atoms with Crippen LogP contribution in [0.4, 0.5) is 19.1 Å². The van der Waals surface area contributed by atoms with Crippen molar-refractivity contribution in [2.24, 2.45) is 0 Å². The van der Waals surface area contributed by atoms with E-state index >= 15 is 0 Å². The molecule has 0 amide bonds. The van der Waals surface area contributed by atoms with Crippen LogP contribution in [-0.2, 0) is 12.6 Å². The monoisotopic (exact) mass is 272 g/mol. The van der Waals surface area contributed by atoms with E-state index in [0.717, 1.165) is 18.1 Å². The fourth-order valence-corrected chi connectivity index (χ4v) is 1.41. The molecule has 9 heteroatoms. The molecule has 102 valence electrons. The van der Waals surface area contributed by atoms with Crippen molar-refractivity contribution < 1.29 is 13.2 Å². The van der Waals surface area contributed by atoms with Crippen molar-refractivity contribution in [2.75, 3.05) is 11.9 Å². The van der Waals surface area contributed by atoms with Crippen LogP contribution in [0.25, 0.3) is 0 Å². The maximum Gasteiger partial charge on any atom is 0.433 e. The van der Waals surface area contributed by atoms with Crippen LogP contribution in [0.3, 0.4) is 0 Å². The first-order valence-corrected chi connectivity index (χ1v) is 5.54. The fraction of sp³-hybridized carbons (Fsp3) is 0.400. The van der Waals surface area contributed by atoms with E-state index in [1.807, 2.05) is 0 Å². The van der Waals surface area contributed by atoms with Gasteiger partial charge in [-0.05, 0) is 12.5 Å². The van der Waals surface area contributed by atoms with Gasteiger partial charge in [0.2, 0.25) is 5.95 Å². The number of hydrogen-bond acceptors (Lipinski definition) is 5. The molecule has 6 nitrogen and oxygen atoms in total. The molecular formula is C10H11F3N6. The van der Waals surface area contributed by atoms with Gasteiger partial charge in [0.1, 0.15) is 17.8 Å². The maximum atomic E-state index is 12.4. The van der Waals surface area contributed by atoms with E-state index in [-0.39, 0.29) is 5.95 Å². The van der Waals surface area contributed by atoms with Gasteiger partial charge >= 0.3 is 6.18 Å². The minimum Gasteiger partial charge on any atom is -0.354 e. The van der Waals surface area contributed by atoms with Crippen LogP contribution in [-0.4, -0.2) is 31.7 Å². The first-order chi connectivity index (χ1) is 9.05. The molecule has 2 heterocycles. The standard InChI is InChI=1S/C10H11F3N6/c11-10(12,13)7-3-5-15-9(18-7)14-4-1-2-8-16-6-17-19-8/h3,5-6H,1-2,4H2,(H,14,15,18)(H,16,17,19).